The maximum atomic E-state index is 11.3. The van der Waals surface area contributed by atoms with Crippen LogP contribution in [0.3, 0.4) is 0 Å². The summed E-state index contributed by atoms with van der Waals surface area (Å²) in [6, 6.07) is 27.3. The van der Waals surface area contributed by atoms with Gasteiger partial charge in [-0.25, -0.2) is 0 Å². The number of cyclic esters (lactones) is 1. The number of benzene rings is 3. The highest BCUT2D eigenvalue weighted by molar-refractivity contribution is 5.83. The molecule has 136 valence electrons. The van der Waals surface area contributed by atoms with Crippen LogP contribution in [0, 0.1) is 5.92 Å². The minimum Gasteiger partial charge on any atom is -0.461 e. The maximum Gasteiger partial charge on any atom is 0.315 e. The van der Waals surface area contributed by atoms with Gasteiger partial charge in [-0.2, -0.15) is 0 Å². The van der Waals surface area contributed by atoms with E-state index in [4.69, 9.17) is 4.74 Å². The molecular weight excluding hydrogens is 336 g/mol. The van der Waals surface area contributed by atoms with E-state index in [1.54, 1.807) is 0 Å². The molecule has 3 aromatic rings. The van der Waals surface area contributed by atoms with E-state index in [1.165, 1.54) is 27.8 Å². The molecule has 1 fully saturated rings. The lowest BCUT2D eigenvalue weighted by Gasteiger charge is -2.33. The fourth-order valence-electron chi connectivity index (χ4n) is 3.66. The predicted molar refractivity (Wildman–Crippen MR) is 106 cm³/mol. The van der Waals surface area contributed by atoms with Gasteiger partial charge in [0.25, 0.3) is 0 Å². The molecule has 1 aliphatic rings. The summed E-state index contributed by atoms with van der Waals surface area (Å²) >= 11 is 0. The van der Waals surface area contributed by atoms with Gasteiger partial charge >= 0.3 is 5.97 Å². The second-order valence-electron chi connectivity index (χ2n) is 6.92. The first-order valence-corrected chi connectivity index (χ1v) is 9.31. The first-order chi connectivity index (χ1) is 13.3. The largest absolute Gasteiger partial charge is 0.461 e. The number of hydrogen-bond donors (Lipinski definition) is 1. The van der Waals surface area contributed by atoms with Crippen LogP contribution in [0.1, 0.15) is 12.0 Å². The summed E-state index contributed by atoms with van der Waals surface area (Å²) in [5.41, 5.74) is 5.99. The third kappa shape index (κ3) is 3.64. The highest BCUT2D eigenvalue weighted by Gasteiger charge is 2.41. The van der Waals surface area contributed by atoms with Gasteiger partial charge in [-0.1, -0.05) is 78.9 Å². The smallest absolute Gasteiger partial charge is 0.315 e. The molecule has 0 aromatic heterocycles. The van der Waals surface area contributed by atoms with Crippen molar-refractivity contribution in [2.24, 2.45) is 5.92 Å². The van der Waals surface area contributed by atoms with E-state index in [9.17, 15) is 9.90 Å². The van der Waals surface area contributed by atoms with E-state index >= 15 is 0 Å². The lowest BCUT2D eigenvalue weighted by molar-refractivity contribution is -0.188. The van der Waals surface area contributed by atoms with Crippen molar-refractivity contribution in [2.75, 3.05) is 6.61 Å². The standard InChI is InChI=1S/C24H22O3/c25-16-22-23(27-24(22)26)14-13-17-7-6-10-19(15-17)21-12-5-4-11-20(21)18-8-2-1-3-9-18/h1-12,15,22-23,25H,13-14,16H2/t22-,23-/m1/s1. The molecule has 0 radical (unpaired) electrons. The van der Waals surface area contributed by atoms with E-state index in [2.05, 4.69) is 72.8 Å². The van der Waals surface area contributed by atoms with E-state index in [0.29, 0.717) is 0 Å². The molecule has 0 spiro atoms. The predicted octanol–water partition coefficient (Wildman–Crippen LogP) is 4.49. The van der Waals surface area contributed by atoms with Gasteiger partial charge in [-0.3, -0.25) is 4.79 Å². The number of aryl methyl sites for hydroxylation is 1. The van der Waals surface area contributed by atoms with Gasteiger partial charge in [0.1, 0.15) is 12.0 Å². The first kappa shape index (κ1) is 17.5. The van der Waals surface area contributed by atoms with Gasteiger partial charge in [0, 0.05) is 0 Å². The summed E-state index contributed by atoms with van der Waals surface area (Å²) in [4.78, 5) is 11.3. The molecule has 27 heavy (non-hydrogen) atoms. The van der Waals surface area contributed by atoms with Gasteiger partial charge in [0.05, 0.1) is 6.61 Å². The molecule has 0 aliphatic carbocycles. The monoisotopic (exact) mass is 358 g/mol. The van der Waals surface area contributed by atoms with E-state index in [-0.39, 0.29) is 24.6 Å². The van der Waals surface area contributed by atoms with Gasteiger partial charge in [-0.05, 0) is 40.7 Å². The second kappa shape index (κ2) is 7.77. The van der Waals surface area contributed by atoms with E-state index in [1.807, 2.05) is 6.07 Å². The number of carbonyl (C=O) groups is 1. The molecule has 0 unspecified atom stereocenters. The van der Waals surface area contributed by atoms with Crippen LogP contribution in [-0.2, 0) is 16.0 Å². The summed E-state index contributed by atoms with van der Waals surface area (Å²) in [5.74, 6) is -0.639. The molecule has 1 aliphatic heterocycles. The van der Waals surface area contributed by atoms with Crippen molar-refractivity contribution in [1.29, 1.82) is 0 Å². The highest BCUT2D eigenvalue weighted by Crippen LogP contribution is 2.33. The number of esters is 1. The second-order valence-corrected chi connectivity index (χ2v) is 6.92. The molecule has 1 heterocycles. The van der Waals surface area contributed by atoms with E-state index in [0.717, 1.165) is 12.8 Å². The van der Waals surface area contributed by atoms with E-state index < -0.39 is 0 Å². The molecule has 1 saturated heterocycles. The van der Waals surface area contributed by atoms with Crippen LogP contribution in [0.2, 0.25) is 0 Å². The Morgan fingerprint density at radius 2 is 1.48 bits per heavy atom. The molecule has 3 nitrogen and oxygen atoms in total. The van der Waals surface area contributed by atoms with Gasteiger partial charge < -0.3 is 9.84 Å². The third-order valence-electron chi connectivity index (χ3n) is 5.18. The number of aliphatic hydroxyl groups is 1. The summed E-state index contributed by atoms with van der Waals surface area (Å²) in [7, 11) is 0. The van der Waals surface area contributed by atoms with Gasteiger partial charge in [-0.15, -0.1) is 0 Å². The normalized spacial score (nSPS) is 18.6. The number of hydrogen-bond acceptors (Lipinski definition) is 3. The van der Waals surface area contributed by atoms with Crippen LogP contribution in [0.4, 0.5) is 0 Å². The minimum absolute atomic E-state index is 0.131. The summed E-state index contributed by atoms with van der Waals surface area (Å²) < 4.78 is 5.16. The Kier molecular flexibility index (Phi) is 5.03. The Bertz CT molecular complexity index is 933. The quantitative estimate of drug-likeness (QED) is 0.661. The highest BCUT2D eigenvalue weighted by atomic mass is 16.6. The van der Waals surface area contributed by atoms with Crippen molar-refractivity contribution in [3.05, 3.63) is 84.4 Å². The zero-order chi connectivity index (χ0) is 18.6. The summed E-state index contributed by atoms with van der Waals surface area (Å²) in [6.45, 7) is -0.131. The SMILES string of the molecule is O=C1O[C@H](CCc2cccc(-c3ccccc3-c3ccccc3)c2)[C@H]1CO. The van der Waals surface area contributed by atoms with Crippen molar-refractivity contribution in [3.63, 3.8) is 0 Å². The van der Waals surface area contributed by atoms with Crippen LogP contribution < -0.4 is 0 Å². The maximum absolute atomic E-state index is 11.3. The molecule has 2 atom stereocenters. The average molecular weight is 358 g/mol. The molecule has 3 aromatic carbocycles. The topological polar surface area (TPSA) is 46.5 Å². The lowest BCUT2D eigenvalue weighted by atomic mass is 9.90. The van der Waals surface area contributed by atoms with Crippen molar-refractivity contribution < 1.29 is 14.6 Å². The fourth-order valence-corrected chi connectivity index (χ4v) is 3.66. The number of rotatable bonds is 6. The van der Waals surface area contributed by atoms with Crippen LogP contribution in [-0.4, -0.2) is 23.8 Å². The molecule has 0 amide bonds. The van der Waals surface area contributed by atoms with Gasteiger partial charge in [0.15, 0.2) is 0 Å². The lowest BCUT2D eigenvalue weighted by Crippen LogP contribution is -2.47. The fraction of sp³-hybridized carbons (Fsp3) is 0.208. The zero-order valence-corrected chi connectivity index (χ0v) is 15.0. The Morgan fingerprint density at radius 1 is 0.815 bits per heavy atom. The van der Waals surface area contributed by atoms with Crippen LogP contribution in [0.5, 0.6) is 0 Å². The average Bonchev–Trinajstić information content (AvgIpc) is 2.72. The van der Waals surface area contributed by atoms with Crippen LogP contribution in [0.25, 0.3) is 22.3 Å². The number of carbonyl (C=O) groups excluding carboxylic acids is 1. The Morgan fingerprint density at radius 3 is 2.19 bits per heavy atom. The minimum atomic E-state index is -0.355. The molecule has 0 bridgehead atoms. The number of aliphatic hydroxyl groups excluding tert-OH is 1. The molecule has 1 N–H and O–H groups in total. The Labute approximate surface area is 159 Å². The Hall–Kier alpha value is -2.91. The number of ether oxygens (including phenoxy) is 1. The third-order valence-corrected chi connectivity index (χ3v) is 5.18. The van der Waals surface area contributed by atoms with Crippen LogP contribution in [0.15, 0.2) is 78.9 Å². The molecule has 0 saturated carbocycles. The van der Waals surface area contributed by atoms with Crippen molar-refractivity contribution in [3.8, 4) is 22.3 Å². The molecule has 3 heteroatoms. The zero-order valence-electron chi connectivity index (χ0n) is 15.0. The summed E-state index contributed by atoms with van der Waals surface area (Å²) in [6.07, 6.45) is 1.39. The van der Waals surface area contributed by atoms with Crippen molar-refractivity contribution in [2.45, 2.75) is 18.9 Å². The summed E-state index contributed by atoms with van der Waals surface area (Å²) in [5, 5.41) is 9.25. The van der Waals surface area contributed by atoms with Gasteiger partial charge in [0.2, 0.25) is 0 Å². The van der Waals surface area contributed by atoms with Crippen LogP contribution >= 0.6 is 0 Å². The van der Waals surface area contributed by atoms with Crippen molar-refractivity contribution in [1.82, 2.24) is 0 Å². The molecular formula is C24H22O3. The Balaban J connectivity index is 1.56. The first-order valence-electron chi connectivity index (χ1n) is 9.31. The van der Waals surface area contributed by atoms with Crippen molar-refractivity contribution >= 4 is 5.97 Å². The molecule has 4 rings (SSSR count).